The predicted octanol–water partition coefficient (Wildman–Crippen LogP) is 2.04. The van der Waals surface area contributed by atoms with E-state index in [2.05, 4.69) is 20.4 Å². The number of hydrogen-bond donors (Lipinski definition) is 1. The Labute approximate surface area is 97.9 Å². The zero-order valence-electron chi connectivity index (χ0n) is 9.52. The molecule has 0 aliphatic heterocycles. The molecule has 0 saturated carbocycles. The summed E-state index contributed by atoms with van der Waals surface area (Å²) in [7, 11) is 0. The lowest BCUT2D eigenvalue weighted by Crippen LogP contribution is -2.36. The zero-order chi connectivity index (χ0) is 11.6. The van der Waals surface area contributed by atoms with Crippen molar-refractivity contribution in [2.75, 3.05) is 6.54 Å². The van der Waals surface area contributed by atoms with E-state index < -0.39 is 0 Å². The highest BCUT2D eigenvalue weighted by Gasteiger charge is 2.26. The summed E-state index contributed by atoms with van der Waals surface area (Å²) in [5, 5.41) is 7.24. The van der Waals surface area contributed by atoms with E-state index >= 15 is 0 Å². The van der Waals surface area contributed by atoms with Gasteiger partial charge in [-0.05, 0) is 20.4 Å². The smallest absolute Gasteiger partial charge is 0.246 e. The van der Waals surface area contributed by atoms with Crippen LogP contribution in [0.2, 0.25) is 0 Å². The van der Waals surface area contributed by atoms with Crippen LogP contribution in [0.4, 0.5) is 0 Å². The molecule has 0 saturated heterocycles. The molecule has 0 aliphatic rings. The lowest BCUT2D eigenvalue weighted by molar-refractivity contribution is 0.272. The Morgan fingerprint density at radius 3 is 2.94 bits per heavy atom. The molecule has 0 unspecified atom stereocenters. The number of nitrogens with zero attached hydrogens (tertiary/aromatic N) is 3. The first-order valence-corrected chi connectivity index (χ1v) is 5.99. The molecule has 0 atom stereocenters. The fourth-order valence-corrected chi connectivity index (χ4v) is 1.97. The van der Waals surface area contributed by atoms with Gasteiger partial charge in [0.25, 0.3) is 0 Å². The molecule has 0 radical (unpaired) electrons. The van der Waals surface area contributed by atoms with Crippen LogP contribution in [0.5, 0.6) is 0 Å². The van der Waals surface area contributed by atoms with Crippen LogP contribution in [-0.2, 0) is 5.54 Å². The van der Waals surface area contributed by atoms with E-state index in [0.717, 1.165) is 11.4 Å². The largest absolute Gasteiger partial charge is 0.337 e. The molecule has 0 aromatic carbocycles. The van der Waals surface area contributed by atoms with Gasteiger partial charge in [-0.2, -0.15) is 4.98 Å². The quantitative estimate of drug-likeness (QED) is 0.883. The van der Waals surface area contributed by atoms with Crippen LogP contribution in [0.3, 0.4) is 0 Å². The lowest BCUT2D eigenvalue weighted by Gasteiger charge is -2.20. The average Bonchev–Trinajstić information content (AvgIpc) is 2.89. The second kappa shape index (κ2) is 4.31. The van der Waals surface area contributed by atoms with Gasteiger partial charge in [0, 0.05) is 6.20 Å². The van der Waals surface area contributed by atoms with Crippen molar-refractivity contribution in [1.29, 1.82) is 0 Å². The summed E-state index contributed by atoms with van der Waals surface area (Å²) in [5.41, 5.74) is 1.45. The van der Waals surface area contributed by atoms with Crippen LogP contribution in [0, 0.1) is 0 Å². The minimum Gasteiger partial charge on any atom is -0.337 e. The summed E-state index contributed by atoms with van der Waals surface area (Å²) in [6, 6.07) is 0. The van der Waals surface area contributed by atoms with Gasteiger partial charge in [0.1, 0.15) is 0 Å². The van der Waals surface area contributed by atoms with Crippen molar-refractivity contribution in [3.8, 4) is 10.7 Å². The van der Waals surface area contributed by atoms with E-state index in [-0.39, 0.29) is 5.54 Å². The van der Waals surface area contributed by atoms with E-state index in [1.807, 2.05) is 20.8 Å². The van der Waals surface area contributed by atoms with Crippen LogP contribution >= 0.6 is 11.3 Å². The molecule has 86 valence electrons. The summed E-state index contributed by atoms with van der Waals surface area (Å²) in [5.74, 6) is 1.20. The number of aromatic nitrogens is 3. The average molecular weight is 238 g/mol. The first-order valence-electron chi connectivity index (χ1n) is 5.11. The summed E-state index contributed by atoms with van der Waals surface area (Å²) >= 11 is 1.50. The first kappa shape index (κ1) is 11.2. The normalized spacial score (nSPS) is 11.9. The number of thiazole rings is 1. The van der Waals surface area contributed by atoms with Gasteiger partial charge in [0.15, 0.2) is 0 Å². The van der Waals surface area contributed by atoms with E-state index in [4.69, 9.17) is 4.52 Å². The van der Waals surface area contributed by atoms with E-state index in [0.29, 0.717) is 11.7 Å². The third-order valence-electron chi connectivity index (χ3n) is 2.23. The molecule has 0 bridgehead atoms. The first-order chi connectivity index (χ1) is 7.63. The number of nitrogens with one attached hydrogen (secondary N) is 1. The maximum absolute atomic E-state index is 5.26. The minimum absolute atomic E-state index is 0.301. The Bertz CT molecular complexity index is 449. The van der Waals surface area contributed by atoms with Crippen molar-refractivity contribution in [3.63, 3.8) is 0 Å². The Hall–Kier alpha value is -1.27. The summed E-state index contributed by atoms with van der Waals surface area (Å²) < 4.78 is 5.26. The molecule has 2 aromatic heterocycles. The monoisotopic (exact) mass is 238 g/mol. The van der Waals surface area contributed by atoms with Gasteiger partial charge in [-0.3, -0.25) is 4.98 Å². The fourth-order valence-electron chi connectivity index (χ4n) is 1.42. The van der Waals surface area contributed by atoms with E-state index in [9.17, 15) is 0 Å². The Kier molecular flexibility index (Phi) is 3.02. The Morgan fingerprint density at radius 1 is 1.50 bits per heavy atom. The standard InChI is InChI=1S/C10H14N4OS/c1-4-12-10(2,3)9-13-8(14-15-9)7-5-11-6-16-7/h5-6,12H,4H2,1-3H3. The fraction of sp³-hybridized carbons (Fsp3) is 0.500. The Balaban J connectivity index is 2.26. The van der Waals surface area contributed by atoms with Crippen molar-refractivity contribution in [1.82, 2.24) is 20.4 Å². The van der Waals surface area contributed by atoms with Crippen molar-refractivity contribution in [2.24, 2.45) is 0 Å². The van der Waals surface area contributed by atoms with Crippen molar-refractivity contribution < 1.29 is 4.52 Å². The predicted molar refractivity (Wildman–Crippen MR) is 62.1 cm³/mol. The van der Waals surface area contributed by atoms with Crippen LogP contribution in [-0.4, -0.2) is 21.7 Å². The highest BCUT2D eigenvalue weighted by molar-refractivity contribution is 7.13. The molecule has 6 heteroatoms. The van der Waals surface area contributed by atoms with E-state index in [1.165, 1.54) is 11.3 Å². The van der Waals surface area contributed by atoms with Gasteiger partial charge in [-0.25, -0.2) is 0 Å². The van der Waals surface area contributed by atoms with Crippen molar-refractivity contribution >= 4 is 11.3 Å². The molecule has 2 heterocycles. The molecule has 0 spiro atoms. The molecule has 2 rings (SSSR count). The van der Waals surface area contributed by atoms with Gasteiger partial charge in [0.2, 0.25) is 11.7 Å². The highest BCUT2D eigenvalue weighted by Crippen LogP contribution is 2.24. The summed E-state index contributed by atoms with van der Waals surface area (Å²) in [6.07, 6.45) is 1.74. The topological polar surface area (TPSA) is 63.8 Å². The molecule has 2 aromatic rings. The molecule has 5 nitrogen and oxygen atoms in total. The summed E-state index contributed by atoms with van der Waals surface area (Å²) in [6.45, 7) is 6.93. The maximum Gasteiger partial charge on any atom is 0.246 e. The number of hydrogen-bond acceptors (Lipinski definition) is 6. The van der Waals surface area contributed by atoms with Crippen molar-refractivity contribution in [3.05, 3.63) is 17.6 Å². The van der Waals surface area contributed by atoms with Crippen LogP contribution in [0.15, 0.2) is 16.2 Å². The SMILES string of the molecule is CCNC(C)(C)c1nc(-c2cncs2)no1. The lowest BCUT2D eigenvalue weighted by atomic mass is 10.1. The maximum atomic E-state index is 5.26. The molecule has 0 fully saturated rings. The molecule has 0 aliphatic carbocycles. The van der Waals surface area contributed by atoms with E-state index in [1.54, 1.807) is 11.7 Å². The Morgan fingerprint density at radius 2 is 2.31 bits per heavy atom. The van der Waals surface area contributed by atoms with Crippen molar-refractivity contribution in [2.45, 2.75) is 26.3 Å². The third-order valence-corrected chi connectivity index (χ3v) is 3.00. The van der Waals surface area contributed by atoms with Gasteiger partial charge >= 0.3 is 0 Å². The zero-order valence-corrected chi connectivity index (χ0v) is 10.3. The minimum atomic E-state index is -0.301. The molecule has 16 heavy (non-hydrogen) atoms. The molecule has 0 amide bonds. The number of rotatable bonds is 4. The van der Waals surface area contributed by atoms with Gasteiger partial charge in [-0.1, -0.05) is 12.1 Å². The second-order valence-electron chi connectivity index (χ2n) is 3.94. The van der Waals surface area contributed by atoms with Gasteiger partial charge in [0.05, 0.1) is 15.9 Å². The van der Waals surface area contributed by atoms with Crippen LogP contribution in [0.25, 0.3) is 10.7 Å². The molecule has 1 N–H and O–H groups in total. The molecular weight excluding hydrogens is 224 g/mol. The second-order valence-corrected chi connectivity index (χ2v) is 4.83. The van der Waals surface area contributed by atoms with Crippen LogP contribution in [0.1, 0.15) is 26.7 Å². The van der Waals surface area contributed by atoms with Crippen LogP contribution < -0.4 is 5.32 Å². The highest BCUT2D eigenvalue weighted by atomic mass is 32.1. The van der Waals surface area contributed by atoms with Gasteiger partial charge in [-0.15, -0.1) is 11.3 Å². The summed E-state index contributed by atoms with van der Waals surface area (Å²) in [4.78, 5) is 9.28. The van der Waals surface area contributed by atoms with Gasteiger partial charge < -0.3 is 9.84 Å². The third kappa shape index (κ3) is 2.12. The molecular formula is C10H14N4OS.